The Hall–Kier alpha value is -1.29. The SMILES string of the molecule is CCCCC[C@H]1CC[C@H](CCC2CCC(c3ccc(C#N)cc3)CC2)CC1. The minimum Gasteiger partial charge on any atom is -0.192 e. The molecule has 2 fully saturated rings. The van der Waals surface area contributed by atoms with E-state index in [0.29, 0.717) is 0 Å². The zero-order valence-corrected chi connectivity index (χ0v) is 17.5. The van der Waals surface area contributed by atoms with Crippen LogP contribution in [-0.4, -0.2) is 0 Å². The van der Waals surface area contributed by atoms with E-state index in [-0.39, 0.29) is 0 Å². The van der Waals surface area contributed by atoms with Crippen molar-refractivity contribution in [3.05, 3.63) is 35.4 Å². The summed E-state index contributed by atoms with van der Waals surface area (Å²) in [6.45, 7) is 2.31. The highest BCUT2D eigenvalue weighted by atomic mass is 14.3. The second kappa shape index (κ2) is 10.9. The molecular formula is C26H39N. The van der Waals surface area contributed by atoms with Crippen molar-refractivity contribution in [2.75, 3.05) is 0 Å². The van der Waals surface area contributed by atoms with Crippen molar-refractivity contribution in [2.45, 2.75) is 103 Å². The first-order chi connectivity index (χ1) is 13.3. The van der Waals surface area contributed by atoms with E-state index in [4.69, 9.17) is 5.26 Å². The van der Waals surface area contributed by atoms with Crippen molar-refractivity contribution in [1.82, 2.24) is 0 Å². The summed E-state index contributed by atoms with van der Waals surface area (Å²) < 4.78 is 0. The Morgan fingerprint density at radius 2 is 1.26 bits per heavy atom. The third-order valence-corrected chi connectivity index (χ3v) is 7.52. The van der Waals surface area contributed by atoms with Gasteiger partial charge in [-0.1, -0.05) is 83.3 Å². The fourth-order valence-corrected chi connectivity index (χ4v) is 5.58. The molecule has 0 N–H and O–H groups in total. The highest BCUT2D eigenvalue weighted by Crippen LogP contribution is 2.40. The van der Waals surface area contributed by atoms with Crippen LogP contribution in [0.3, 0.4) is 0 Å². The highest BCUT2D eigenvalue weighted by molar-refractivity contribution is 5.33. The van der Waals surface area contributed by atoms with Gasteiger partial charge in [0, 0.05) is 0 Å². The minimum atomic E-state index is 0.729. The third kappa shape index (κ3) is 6.38. The normalized spacial score (nSPS) is 28.6. The first kappa shape index (κ1) is 20.4. The van der Waals surface area contributed by atoms with Gasteiger partial charge in [-0.05, 0) is 67.1 Å². The van der Waals surface area contributed by atoms with Gasteiger partial charge in [0.15, 0.2) is 0 Å². The van der Waals surface area contributed by atoms with Crippen LogP contribution < -0.4 is 0 Å². The summed E-state index contributed by atoms with van der Waals surface area (Å²) in [5.41, 5.74) is 2.24. The van der Waals surface area contributed by atoms with E-state index in [0.717, 1.165) is 29.2 Å². The number of rotatable bonds is 8. The van der Waals surface area contributed by atoms with Crippen LogP contribution in [0.25, 0.3) is 0 Å². The van der Waals surface area contributed by atoms with Crippen molar-refractivity contribution < 1.29 is 0 Å². The summed E-state index contributed by atoms with van der Waals surface area (Å²) in [6, 6.07) is 10.6. The van der Waals surface area contributed by atoms with Crippen molar-refractivity contribution in [2.24, 2.45) is 17.8 Å². The summed E-state index contributed by atoms with van der Waals surface area (Å²) in [5.74, 6) is 3.79. The Morgan fingerprint density at radius 1 is 0.741 bits per heavy atom. The van der Waals surface area contributed by atoms with Crippen LogP contribution in [0.2, 0.25) is 0 Å². The second-order valence-electron chi connectivity index (χ2n) is 9.41. The van der Waals surface area contributed by atoms with Crippen LogP contribution in [-0.2, 0) is 0 Å². The molecule has 1 nitrogen and oxygen atoms in total. The summed E-state index contributed by atoms with van der Waals surface area (Å²) in [4.78, 5) is 0. The number of nitrogens with zero attached hydrogens (tertiary/aromatic N) is 1. The van der Waals surface area contributed by atoms with E-state index in [2.05, 4.69) is 25.1 Å². The molecule has 0 heterocycles. The molecule has 1 heteroatoms. The number of benzene rings is 1. The van der Waals surface area contributed by atoms with Gasteiger partial charge in [-0.25, -0.2) is 0 Å². The molecule has 0 saturated heterocycles. The maximum absolute atomic E-state index is 8.95. The Labute approximate surface area is 167 Å². The van der Waals surface area contributed by atoms with Crippen LogP contribution in [0.15, 0.2) is 24.3 Å². The first-order valence-electron chi connectivity index (χ1n) is 11.8. The summed E-state index contributed by atoms with van der Waals surface area (Å²) in [5, 5.41) is 8.95. The van der Waals surface area contributed by atoms with Gasteiger partial charge < -0.3 is 0 Å². The lowest BCUT2D eigenvalue weighted by Gasteiger charge is -2.32. The topological polar surface area (TPSA) is 23.8 Å². The Bertz CT molecular complexity index is 565. The van der Waals surface area contributed by atoms with Crippen molar-refractivity contribution in [3.63, 3.8) is 0 Å². The molecule has 0 aliphatic heterocycles. The van der Waals surface area contributed by atoms with Crippen LogP contribution in [0.4, 0.5) is 0 Å². The van der Waals surface area contributed by atoms with E-state index in [9.17, 15) is 0 Å². The molecule has 2 aliphatic carbocycles. The van der Waals surface area contributed by atoms with Gasteiger partial charge >= 0.3 is 0 Å². The maximum atomic E-state index is 8.95. The second-order valence-corrected chi connectivity index (χ2v) is 9.41. The van der Waals surface area contributed by atoms with E-state index >= 15 is 0 Å². The lowest BCUT2D eigenvalue weighted by Crippen LogP contribution is -2.17. The molecule has 0 aromatic heterocycles. The van der Waals surface area contributed by atoms with E-state index in [1.807, 2.05) is 12.1 Å². The molecule has 0 radical (unpaired) electrons. The van der Waals surface area contributed by atoms with Gasteiger partial charge in [0.1, 0.15) is 0 Å². The number of nitriles is 1. The zero-order chi connectivity index (χ0) is 18.9. The third-order valence-electron chi connectivity index (χ3n) is 7.52. The summed E-state index contributed by atoms with van der Waals surface area (Å²) in [6.07, 6.45) is 20.3. The molecule has 2 saturated carbocycles. The molecule has 0 amide bonds. The van der Waals surface area contributed by atoms with Gasteiger partial charge in [-0.15, -0.1) is 0 Å². The molecule has 27 heavy (non-hydrogen) atoms. The minimum absolute atomic E-state index is 0.729. The van der Waals surface area contributed by atoms with Gasteiger partial charge in [0.2, 0.25) is 0 Å². The Morgan fingerprint density at radius 3 is 1.78 bits per heavy atom. The number of hydrogen-bond donors (Lipinski definition) is 0. The van der Waals surface area contributed by atoms with Crippen molar-refractivity contribution >= 4 is 0 Å². The molecule has 1 aromatic rings. The highest BCUT2D eigenvalue weighted by Gasteiger charge is 2.25. The monoisotopic (exact) mass is 365 g/mol. The van der Waals surface area contributed by atoms with E-state index in [1.54, 1.807) is 0 Å². The average Bonchev–Trinajstić information content (AvgIpc) is 2.74. The molecule has 0 spiro atoms. The molecule has 1 aromatic carbocycles. The predicted octanol–water partition coefficient (Wildman–Crippen LogP) is 8.00. The largest absolute Gasteiger partial charge is 0.192 e. The number of unbranched alkanes of at least 4 members (excludes halogenated alkanes) is 2. The van der Waals surface area contributed by atoms with E-state index in [1.165, 1.54) is 95.5 Å². The summed E-state index contributed by atoms with van der Waals surface area (Å²) in [7, 11) is 0. The molecule has 3 rings (SSSR count). The smallest absolute Gasteiger partial charge is 0.0991 e. The fraction of sp³-hybridized carbons (Fsp3) is 0.731. The molecule has 148 valence electrons. The molecular weight excluding hydrogens is 326 g/mol. The van der Waals surface area contributed by atoms with Gasteiger partial charge in [0.25, 0.3) is 0 Å². The van der Waals surface area contributed by atoms with Crippen molar-refractivity contribution in [3.8, 4) is 6.07 Å². The Balaban J connectivity index is 1.31. The van der Waals surface area contributed by atoms with Gasteiger partial charge in [-0.3, -0.25) is 0 Å². The fourth-order valence-electron chi connectivity index (χ4n) is 5.58. The molecule has 0 bridgehead atoms. The van der Waals surface area contributed by atoms with E-state index < -0.39 is 0 Å². The number of hydrogen-bond acceptors (Lipinski definition) is 1. The van der Waals surface area contributed by atoms with Crippen molar-refractivity contribution in [1.29, 1.82) is 5.26 Å². The maximum Gasteiger partial charge on any atom is 0.0991 e. The first-order valence-corrected chi connectivity index (χ1v) is 11.8. The molecule has 2 aliphatic rings. The van der Waals surface area contributed by atoms with Crippen LogP contribution in [0, 0.1) is 29.1 Å². The Kier molecular flexibility index (Phi) is 8.25. The lowest BCUT2D eigenvalue weighted by molar-refractivity contribution is 0.222. The van der Waals surface area contributed by atoms with Crippen LogP contribution in [0.5, 0.6) is 0 Å². The van der Waals surface area contributed by atoms with Crippen LogP contribution >= 0.6 is 0 Å². The average molecular weight is 366 g/mol. The predicted molar refractivity (Wildman–Crippen MR) is 115 cm³/mol. The standard InChI is InChI=1S/C26H39N/c1-2-3-4-5-21-6-8-22(9-7-21)10-11-23-12-16-25(17-13-23)26-18-14-24(20-27)15-19-26/h14-15,18-19,21-23,25H,2-13,16-17H2,1H3/t21-,22-,23?,25?. The molecule has 0 atom stereocenters. The van der Waals surface area contributed by atoms with Crippen LogP contribution in [0.1, 0.15) is 114 Å². The zero-order valence-electron chi connectivity index (χ0n) is 17.5. The van der Waals surface area contributed by atoms with Gasteiger partial charge in [-0.2, -0.15) is 5.26 Å². The molecule has 0 unspecified atom stereocenters. The summed E-state index contributed by atoms with van der Waals surface area (Å²) >= 11 is 0. The lowest BCUT2D eigenvalue weighted by atomic mass is 9.74. The quantitative estimate of drug-likeness (QED) is 0.428. The van der Waals surface area contributed by atoms with Gasteiger partial charge in [0.05, 0.1) is 11.6 Å².